The fourth-order valence-corrected chi connectivity index (χ4v) is 4.22. The molecule has 0 radical (unpaired) electrons. The van der Waals surface area contributed by atoms with Crippen LogP contribution in [-0.4, -0.2) is 9.55 Å². The number of nitrogens with one attached hydrogen (secondary N) is 1. The third-order valence-corrected chi connectivity index (χ3v) is 5.41. The van der Waals surface area contributed by atoms with Gasteiger partial charge < -0.3 is 9.55 Å². The van der Waals surface area contributed by atoms with Crippen molar-refractivity contribution in [1.29, 1.82) is 0 Å². The second-order valence-electron chi connectivity index (χ2n) is 6.97. The maximum atomic E-state index is 3.64. The molecule has 1 N–H and O–H groups in total. The van der Waals surface area contributed by atoms with E-state index in [9.17, 15) is 0 Å². The highest BCUT2D eigenvalue weighted by Crippen LogP contribution is 2.36. The molecule has 27 heavy (non-hydrogen) atoms. The zero-order valence-corrected chi connectivity index (χ0v) is 15.7. The highest BCUT2D eigenvalue weighted by molar-refractivity contribution is 6.14. The largest absolute Gasteiger partial charge is 0.358 e. The van der Waals surface area contributed by atoms with E-state index in [2.05, 4.69) is 102 Å². The molecule has 0 saturated carbocycles. The maximum Gasteiger partial charge on any atom is 0.0548 e. The van der Waals surface area contributed by atoms with Crippen LogP contribution in [0.1, 0.15) is 25.1 Å². The first-order chi connectivity index (χ1) is 13.3. The number of hydrogen-bond donors (Lipinski definition) is 1. The summed E-state index contributed by atoms with van der Waals surface area (Å²) in [5, 5.41) is 3.87. The van der Waals surface area contributed by atoms with Gasteiger partial charge in [0.2, 0.25) is 0 Å². The summed E-state index contributed by atoms with van der Waals surface area (Å²) in [7, 11) is 0. The summed E-state index contributed by atoms with van der Waals surface area (Å²) in [4.78, 5) is 3.64. The average molecular weight is 350 g/mol. The topological polar surface area (TPSA) is 20.7 Å². The van der Waals surface area contributed by atoms with Gasteiger partial charge in [-0.2, -0.15) is 0 Å². The number of H-pyrrole nitrogens is 1. The average Bonchev–Trinajstić information content (AvgIpc) is 3.22. The van der Waals surface area contributed by atoms with Crippen LogP contribution in [-0.2, 0) is 6.42 Å². The van der Waals surface area contributed by atoms with Crippen molar-refractivity contribution in [1.82, 2.24) is 9.55 Å². The maximum absolute atomic E-state index is 3.64. The normalized spacial score (nSPS) is 12.1. The third-order valence-electron chi connectivity index (χ3n) is 5.41. The van der Waals surface area contributed by atoms with Crippen LogP contribution in [0.15, 0.2) is 72.8 Å². The molecule has 0 aliphatic heterocycles. The molecule has 3 aromatic carbocycles. The van der Waals surface area contributed by atoms with E-state index >= 15 is 0 Å². The van der Waals surface area contributed by atoms with Gasteiger partial charge in [0, 0.05) is 38.6 Å². The van der Waals surface area contributed by atoms with E-state index in [1.165, 1.54) is 49.7 Å². The molecule has 132 valence electrons. The van der Waals surface area contributed by atoms with Crippen molar-refractivity contribution in [2.45, 2.75) is 20.3 Å². The van der Waals surface area contributed by atoms with E-state index in [-0.39, 0.29) is 0 Å². The van der Waals surface area contributed by atoms with Crippen molar-refractivity contribution in [3.8, 4) is 5.69 Å². The Bertz CT molecular complexity index is 1300. The quantitative estimate of drug-likeness (QED) is 0.367. The Labute approximate surface area is 158 Å². The van der Waals surface area contributed by atoms with Gasteiger partial charge in [0.05, 0.1) is 11.0 Å². The van der Waals surface area contributed by atoms with E-state index in [4.69, 9.17) is 0 Å². The number of benzene rings is 3. The van der Waals surface area contributed by atoms with Crippen LogP contribution in [0.3, 0.4) is 0 Å². The first-order valence-electron chi connectivity index (χ1n) is 9.57. The molecule has 0 amide bonds. The minimum absolute atomic E-state index is 0.998. The lowest BCUT2D eigenvalue weighted by atomic mass is 10.1. The van der Waals surface area contributed by atoms with E-state index < -0.39 is 0 Å². The minimum atomic E-state index is 0.998. The Balaban J connectivity index is 1.97. The molecular weight excluding hydrogens is 328 g/mol. The van der Waals surface area contributed by atoms with Crippen LogP contribution in [0.2, 0.25) is 0 Å². The van der Waals surface area contributed by atoms with Gasteiger partial charge in [-0.25, -0.2) is 0 Å². The molecule has 2 aromatic heterocycles. The number of nitrogens with zero attached hydrogens (tertiary/aromatic N) is 1. The van der Waals surface area contributed by atoms with Crippen LogP contribution >= 0.6 is 0 Å². The Morgan fingerprint density at radius 1 is 0.852 bits per heavy atom. The van der Waals surface area contributed by atoms with Crippen LogP contribution in [0.4, 0.5) is 0 Å². The second kappa shape index (κ2) is 6.17. The van der Waals surface area contributed by atoms with E-state index in [1.54, 1.807) is 0 Å². The molecule has 0 aliphatic carbocycles. The number of aromatic nitrogens is 2. The minimum Gasteiger partial charge on any atom is -0.358 e. The van der Waals surface area contributed by atoms with E-state index in [1.807, 2.05) is 0 Å². The van der Waals surface area contributed by atoms with Gasteiger partial charge in [0.25, 0.3) is 0 Å². The first kappa shape index (κ1) is 16.0. The molecule has 2 heteroatoms. The fourth-order valence-electron chi connectivity index (χ4n) is 4.22. The second-order valence-corrected chi connectivity index (χ2v) is 6.97. The smallest absolute Gasteiger partial charge is 0.0548 e. The molecule has 5 rings (SSSR count). The van der Waals surface area contributed by atoms with Crippen molar-refractivity contribution in [3.05, 3.63) is 84.1 Å². The molecule has 0 spiro atoms. The van der Waals surface area contributed by atoms with Crippen LogP contribution < -0.4 is 0 Å². The van der Waals surface area contributed by atoms with Crippen molar-refractivity contribution in [2.75, 3.05) is 0 Å². The van der Waals surface area contributed by atoms with Gasteiger partial charge in [0.15, 0.2) is 0 Å². The van der Waals surface area contributed by atoms with Gasteiger partial charge >= 0.3 is 0 Å². The lowest BCUT2D eigenvalue weighted by Crippen LogP contribution is -1.92. The van der Waals surface area contributed by atoms with Gasteiger partial charge in [-0.1, -0.05) is 55.5 Å². The van der Waals surface area contributed by atoms with Gasteiger partial charge in [0.1, 0.15) is 0 Å². The van der Waals surface area contributed by atoms with Gasteiger partial charge in [-0.15, -0.1) is 0 Å². The molecule has 0 aliphatic rings. The summed E-state index contributed by atoms with van der Waals surface area (Å²) in [6.07, 6.45) is 5.34. The molecule has 0 bridgehead atoms. The van der Waals surface area contributed by atoms with Gasteiger partial charge in [-0.05, 0) is 43.7 Å². The van der Waals surface area contributed by atoms with Crippen molar-refractivity contribution in [3.63, 3.8) is 0 Å². The summed E-state index contributed by atoms with van der Waals surface area (Å²) < 4.78 is 2.38. The van der Waals surface area contributed by atoms with Crippen LogP contribution in [0.5, 0.6) is 0 Å². The molecule has 5 aromatic rings. The first-order valence-corrected chi connectivity index (χ1v) is 9.57. The standard InChI is InChI=1S/C25H22N2/c1-3-10-18-20-16-25-21(15-23(20)26-22(18)4-2)19-13-8-9-14-24(19)27(25)17-11-6-5-7-12-17/h3,5-16,26H,4H2,1-2H3/b10-3-. The van der Waals surface area contributed by atoms with E-state index in [0.717, 1.165) is 6.42 Å². The zero-order chi connectivity index (χ0) is 18.4. The Morgan fingerprint density at radius 2 is 1.63 bits per heavy atom. The number of fused-ring (bicyclic) bond motifs is 4. The molecule has 2 nitrogen and oxygen atoms in total. The van der Waals surface area contributed by atoms with Crippen molar-refractivity contribution in [2.24, 2.45) is 0 Å². The summed E-state index contributed by atoms with van der Waals surface area (Å²) >= 11 is 0. The zero-order valence-electron chi connectivity index (χ0n) is 15.7. The third kappa shape index (κ3) is 2.33. The molecule has 2 heterocycles. The van der Waals surface area contributed by atoms with Crippen molar-refractivity contribution < 1.29 is 0 Å². The summed E-state index contributed by atoms with van der Waals surface area (Å²) in [6.45, 7) is 4.29. The van der Waals surface area contributed by atoms with Crippen molar-refractivity contribution >= 4 is 38.8 Å². The van der Waals surface area contributed by atoms with E-state index in [0.29, 0.717) is 0 Å². The number of hydrogen-bond acceptors (Lipinski definition) is 0. The predicted octanol–water partition coefficient (Wildman–Crippen LogP) is 6.86. The summed E-state index contributed by atoms with van der Waals surface area (Å²) in [6, 6.07) is 24.0. The Morgan fingerprint density at radius 3 is 2.41 bits per heavy atom. The summed E-state index contributed by atoms with van der Waals surface area (Å²) in [5.74, 6) is 0. The number of allylic oxidation sites excluding steroid dienone is 1. The lowest BCUT2D eigenvalue weighted by Gasteiger charge is -2.07. The van der Waals surface area contributed by atoms with Crippen LogP contribution in [0, 0.1) is 0 Å². The molecule has 0 fully saturated rings. The monoisotopic (exact) mass is 350 g/mol. The number of aromatic amines is 1. The number of para-hydroxylation sites is 2. The van der Waals surface area contributed by atoms with Crippen LogP contribution in [0.25, 0.3) is 44.5 Å². The Hall–Kier alpha value is -3.26. The lowest BCUT2D eigenvalue weighted by molar-refractivity contribution is 1.07. The molecule has 0 saturated heterocycles. The number of aryl methyl sites for hydroxylation is 1. The predicted molar refractivity (Wildman–Crippen MR) is 117 cm³/mol. The summed E-state index contributed by atoms with van der Waals surface area (Å²) in [5.41, 5.74) is 7.51. The highest BCUT2D eigenvalue weighted by Gasteiger charge is 2.15. The Kier molecular flexibility index (Phi) is 3.64. The molecule has 0 atom stereocenters. The molecule has 0 unspecified atom stereocenters. The SMILES string of the molecule is C/C=C\c1c(CC)[nH]c2cc3c4ccccc4n(-c4ccccc4)c3cc12. The number of rotatable bonds is 3. The molecular formula is C25H22N2. The fraction of sp³-hybridized carbons (Fsp3) is 0.120. The van der Waals surface area contributed by atoms with Gasteiger partial charge in [-0.3, -0.25) is 0 Å². The highest BCUT2D eigenvalue weighted by atomic mass is 15.0.